The molecule has 0 aromatic rings. The van der Waals surface area contributed by atoms with Crippen molar-refractivity contribution in [3.63, 3.8) is 0 Å². The van der Waals surface area contributed by atoms with Crippen LogP contribution >= 0.6 is 0 Å². The van der Waals surface area contributed by atoms with Gasteiger partial charge >= 0.3 is 23.9 Å². The highest BCUT2D eigenvalue weighted by Crippen LogP contribution is 2.51. The molecule has 2 bridgehead atoms. The summed E-state index contributed by atoms with van der Waals surface area (Å²) in [4.78, 5) is 47.9. The van der Waals surface area contributed by atoms with Crippen molar-refractivity contribution in [1.82, 2.24) is 0 Å². The molecule has 0 spiro atoms. The Hall–Kier alpha value is -2.42. The molecule has 0 aromatic heterocycles. The fourth-order valence-electron chi connectivity index (χ4n) is 5.22. The van der Waals surface area contributed by atoms with Gasteiger partial charge in [-0.05, 0) is 45.4 Å². The average molecular weight is 422 g/mol. The Morgan fingerprint density at radius 2 is 1.90 bits per heavy atom. The molecule has 1 N–H and O–H groups in total. The van der Waals surface area contributed by atoms with Crippen LogP contribution in [0.2, 0.25) is 0 Å². The lowest BCUT2D eigenvalue weighted by Gasteiger charge is -2.29. The van der Waals surface area contributed by atoms with Crippen molar-refractivity contribution in [2.75, 3.05) is 0 Å². The summed E-state index contributed by atoms with van der Waals surface area (Å²) in [6.07, 6.45) is 1.29. The van der Waals surface area contributed by atoms with E-state index in [9.17, 15) is 24.3 Å². The Morgan fingerprint density at radius 3 is 2.53 bits per heavy atom. The minimum Gasteiger partial charge on any atom is -0.481 e. The van der Waals surface area contributed by atoms with Crippen LogP contribution in [0.5, 0.6) is 0 Å². The summed E-state index contributed by atoms with van der Waals surface area (Å²) in [7, 11) is 0. The maximum absolute atomic E-state index is 12.4. The molecule has 4 rings (SSSR count). The van der Waals surface area contributed by atoms with Crippen LogP contribution in [0.1, 0.15) is 51.9 Å². The molecule has 164 valence electrons. The van der Waals surface area contributed by atoms with Crippen LogP contribution in [0.25, 0.3) is 0 Å². The van der Waals surface area contributed by atoms with Crippen molar-refractivity contribution in [3.8, 4) is 0 Å². The number of carbonyl (C=O) groups is 4. The third-order valence-electron chi connectivity index (χ3n) is 6.64. The standard InChI is InChI=1S/C21H26O9/c1-10(2)19(25)30-21(7-3-4-8-21)9-5-6-11(22)27-16-14-12(18(23)24)13-15(28-14)17(16)29-20(13)26/h12-17H,1,3-9H2,2H3,(H,23,24). The number of carbonyl (C=O) groups excluding carboxylic acids is 3. The SMILES string of the molecule is C=C(C)C(=O)OC1(CCCC(=O)OC2C3OC(=O)C4C3OC2C4C(=O)O)CCCC1. The molecular formula is C21H26O9. The zero-order chi connectivity index (χ0) is 21.6. The maximum Gasteiger partial charge on any atom is 0.333 e. The molecule has 0 radical (unpaired) electrons. The summed E-state index contributed by atoms with van der Waals surface area (Å²) >= 11 is 0. The highest BCUT2D eigenvalue weighted by atomic mass is 16.7. The lowest BCUT2D eigenvalue weighted by molar-refractivity contribution is -0.163. The smallest absolute Gasteiger partial charge is 0.333 e. The molecule has 1 aliphatic carbocycles. The van der Waals surface area contributed by atoms with Crippen LogP contribution in [-0.4, -0.2) is 59.0 Å². The minimum absolute atomic E-state index is 0.0854. The maximum atomic E-state index is 12.4. The van der Waals surface area contributed by atoms with Gasteiger partial charge in [0.25, 0.3) is 0 Å². The first-order chi connectivity index (χ1) is 14.2. The number of rotatable bonds is 8. The highest BCUT2D eigenvalue weighted by molar-refractivity contribution is 5.87. The number of aliphatic carboxylic acids is 1. The third kappa shape index (κ3) is 3.49. The molecule has 6 unspecified atom stereocenters. The van der Waals surface area contributed by atoms with Gasteiger partial charge in [-0.1, -0.05) is 6.58 Å². The summed E-state index contributed by atoms with van der Waals surface area (Å²) in [6, 6.07) is 0. The number of carboxylic acids is 1. The Balaban J connectivity index is 1.32. The molecule has 6 atom stereocenters. The predicted molar refractivity (Wildman–Crippen MR) is 99.0 cm³/mol. The van der Waals surface area contributed by atoms with E-state index in [0.717, 1.165) is 25.7 Å². The Bertz CT molecular complexity index is 781. The summed E-state index contributed by atoms with van der Waals surface area (Å²) in [5.74, 6) is -4.61. The van der Waals surface area contributed by atoms with Crippen LogP contribution in [-0.2, 0) is 38.1 Å². The molecule has 4 aliphatic rings. The first kappa shape index (κ1) is 20.8. The molecule has 3 saturated heterocycles. The van der Waals surface area contributed by atoms with Crippen LogP contribution < -0.4 is 0 Å². The van der Waals surface area contributed by atoms with E-state index in [1.54, 1.807) is 6.92 Å². The zero-order valence-corrected chi connectivity index (χ0v) is 16.8. The van der Waals surface area contributed by atoms with E-state index in [4.69, 9.17) is 18.9 Å². The van der Waals surface area contributed by atoms with Gasteiger partial charge in [0.15, 0.2) is 12.2 Å². The average Bonchev–Trinajstić information content (AvgIpc) is 3.39. The number of fused-ring (bicyclic) bond motifs is 1. The fraction of sp³-hybridized carbons (Fsp3) is 0.714. The number of carboxylic acid groups (broad SMARTS) is 1. The first-order valence-corrected chi connectivity index (χ1v) is 10.4. The van der Waals surface area contributed by atoms with E-state index in [-0.39, 0.29) is 6.42 Å². The van der Waals surface area contributed by atoms with Gasteiger partial charge in [-0.3, -0.25) is 14.4 Å². The van der Waals surface area contributed by atoms with Crippen LogP contribution in [0.15, 0.2) is 12.2 Å². The van der Waals surface area contributed by atoms with Gasteiger partial charge in [-0.2, -0.15) is 0 Å². The number of hydrogen-bond acceptors (Lipinski definition) is 8. The monoisotopic (exact) mass is 422 g/mol. The van der Waals surface area contributed by atoms with Gasteiger partial charge in [-0.25, -0.2) is 4.79 Å². The van der Waals surface area contributed by atoms with Gasteiger partial charge in [0.2, 0.25) is 0 Å². The fourth-order valence-corrected chi connectivity index (χ4v) is 5.22. The molecule has 0 aromatic carbocycles. The molecule has 3 heterocycles. The second-order valence-electron chi connectivity index (χ2n) is 8.72. The van der Waals surface area contributed by atoms with Crippen molar-refractivity contribution in [2.45, 2.75) is 81.9 Å². The van der Waals surface area contributed by atoms with E-state index >= 15 is 0 Å². The van der Waals surface area contributed by atoms with Crippen LogP contribution in [0, 0.1) is 11.8 Å². The quantitative estimate of drug-likeness (QED) is 0.352. The molecule has 9 nitrogen and oxygen atoms in total. The van der Waals surface area contributed by atoms with Crippen molar-refractivity contribution in [2.24, 2.45) is 11.8 Å². The van der Waals surface area contributed by atoms with Gasteiger partial charge < -0.3 is 24.1 Å². The minimum atomic E-state index is -1.16. The van der Waals surface area contributed by atoms with Crippen LogP contribution in [0.4, 0.5) is 0 Å². The van der Waals surface area contributed by atoms with Crippen molar-refractivity contribution >= 4 is 23.9 Å². The highest BCUT2D eigenvalue weighted by Gasteiger charge is 2.71. The van der Waals surface area contributed by atoms with Crippen molar-refractivity contribution < 1.29 is 43.2 Å². The van der Waals surface area contributed by atoms with Crippen LogP contribution in [0.3, 0.4) is 0 Å². The number of esters is 3. The van der Waals surface area contributed by atoms with E-state index in [1.165, 1.54) is 0 Å². The lowest BCUT2D eigenvalue weighted by Crippen LogP contribution is -2.47. The van der Waals surface area contributed by atoms with E-state index in [1.807, 2.05) is 0 Å². The van der Waals surface area contributed by atoms with Crippen molar-refractivity contribution in [3.05, 3.63) is 12.2 Å². The van der Waals surface area contributed by atoms with E-state index in [2.05, 4.69) is 6.58 Å². The molecule has 1 saturated carbocycles. The summed E-state index contributed by atoms with van der Waals surface area (Å²) in [5, 5.41) is 9.45. The summed E-state index contributed by atoms with van der Waals surface area (Å²) in [5.41, 5.74) is -0.233. The normalized spacial score (nSPS) is 35.2. The molecule has 0 amide bonds. The van der Waals surface area contributed by atoms with Gasteiger partial charge in [0, 0.05) is 12.0 Å². The Kier molecular flexibility index (Phi) is 5.34. The third-order valence-corrected chi connectivity index (χ3v) is 6.64. The molecule has 4 fully saturated rings. The topological polar surface area (TPSA) is 125 Å². The molecule has 30 heavy (non-hydrogen) atoms. The van der Waals surface area contributed by atoms with E-state index in [0.29, 0.717) is 18.4 Å². The Labute approximate surface area is 173 Å². The lowest BCUT2D eigenvalue weighted by atomic mass is 9.78. The van der Waals surface area contributed by atoms with Gasteiger partial charge in [0.1, 0.15) is 29.6 Å². The number of hydrogen-bond donors (Lipinski definition) is 1. The summed E-state index contributed by atoms with van der Waals surface area (Å²) in [6.45, 7) is 5.22. The Morgan fingerprint density at radius 1 is 1.20 bits per heavy atom. The molecular weight excluding hydrogens is 396 g/mol. The molecule has 3 aliphatic heterocycles. The second-order valence-corrected chi connectivity index (χ2v) is 8.72. The van der Waals surface area contributed by atoms with E-state index < -0.39 is 65.7 Å². The molecule has 9 heteroatoms. The largest absolute Gasteiger partial charge is 0.481 e. The zero-order valence-electron chi connectivity index (χ0n) is 16.8. The van der Waals surface area contributed by atoms with Gasteiger partial charge in [-0.15, -0.1) is 0 Å². The predicted octanol–water partition coefficient (Wildman–Crippen LogP) is 1.52. The van der Waals surface area contributed by atoms with Gasteiger partial charge in [0.05, 0.1) is 0 Å². The number of ether oxygens (including phenoxy) is 4. The van der Waals surface area contributed by atoms with Crippen molar-refractivity contribution in [1.29, 1.82) is 0 Å². The second kappa shape index (κ2) is 7.68. The summed E-state index contributed by atoms with van der Waals surface area (Å²) < 4.78 is 22.0. The first-order valence-electron chi connectivity index (χ1n) is 10.4.